The average molecular weight is 406 g/mol. The van der Waals surface area contributed by atoms with Gasteiger partial charge in [0.1, 0.15) is 13.2 Å². The molecule has 1 N–H and O–H groups in total. The molecule has 1 aromatic carbocycles. The second kappa shape index (κ2) is 7.32. The van der Waals surface area contributed by atoms with E-state index in [1.165, 1.54) is 0 Å². The minimum Gasteiger partial charge on any atom is -0.359 e. The molecular weight excluding hydrogens is 381 g/mol. The van der Waals surface area contributed by atoms with E-state index in [1.54, 1.807) is 0 Å². The van der Waals surface area contributed by atoms with Crippen LogP contribution in [-0.4, -0.2) is 28.9 Å². The van der Waals surface area contributed by atoms with E-state index in [0.717, 1.165) is 37.7 Å². The van der Waals surface area contributed by atoms with Crippen molar-refractivity contribution in [1.29, 1.82) is 0 Å². The monoisotopic (exact) mass is 405 g/mol. The van der Waals surface area contributed by atoms with Crippen LogP contribution in [0.25, 0.3) is 0 Å². The van der Waals surface area contributed by atoms with Gasteiger partial charge in [-0.2, -0.15) is 0 Å². The van der Waals surface area contributed by atoms with Crippen LogP contribution in [0.5, 0.6) is 0 Å². The zero-order valence-corrected chi connectivity index (χ0v) is 16.8. The van der Waals surface area contributed by atoms with Gasteiger partial charge < -0.3 is 10.1 Å². The van der Waals surface area contributed by atoms with Crippen LogP contribution >= 0.6 is 23.2 Å². The lowest BCUT2D eigenvalue weighted by Gasteiger charge is -2.63. The maximum atomic E-state index is 12.5. The predicted molar refractivity (Wildman–Crippen MR) is 108 cm³/mol. The molecule has 0 aromatic heterocycles. The molecule has 4 bridgehead atoms. The molecule has 4 aliphatic rings. The smallest absolute Gasteiger partial charge is 0.246 e. The normalized spacial score (nSPS) is 37.6. The fourth-order valence-electron chi connectivity index (χ4n) is 6.02. The third kappa shape index (κ3) is 3.73. The van der Waals surface area contributed by atoms with Crippen molar-refractivity contribution in [3.63, 3.8) is 0 Å². The van der Waals surface area contributed by atoms with Crippen LogP contribution in [0, 0.1) is 30.1 Å². The van der Waals surface area contributed by atoms with E-state index in [-0.39, 0.29) is 40.8 Å². The Kier molecular flexibility index (Phi) is 5.18. The summed E-state index contributed by atoms with van der Waals surface area (Å²) in [6.07, 6.45) is 10.2. The van der Waals surface area contributed by atoms with Crippen molar-refractivity contribution in [2.45, 2.75) is 47.9 Å². The fourth-order valence-corrected chi connectivity index (χ4v) is 7.52. The van der Waals surface area contributed by atoms with E-state index in [1.807, 2.05) is 18.2 Å². The zero-order chi connectivity index (χ0) is 19.1. The minimum atomic E-state index is -0.362. The summed E-state index contributed by atoms with van der Waals surface area (Å²) >= 11 is 14.2. The van der Waals surface area contributed by atoms with Crippen molar-refractivity contribution in [3.8, 4) is 12.3 Å². The number of ether oxygens (including phenoxy) is 1. The van der Waals surface area contributed by atoms with Gasteiger partial charge in [-0.1, -0.05) is 36.3 Å². The van der Waals surface area contributed by atoms with Crippen LogP contribution in [0.1, 0.15) is 43.7 Å². The molecule has 1 amide bonds. The molecule has 1 aromatic rings. The Morgan fingerprint density at radius 1 is 1.30 bits per heavy atom. The number of carbonyl (C=O) groups is 1. The van der Waals surface area contributed by atoms with Crippen molar-refractivity contribution in [2.24, 2.45) is 17.8 Å². The summed E-state index contributed by atoms with van der Waals surface area (Å²) < 4.78 is 5.23. The lowest BCUT2D eigenvalue weighted by atomic mass is 9.49. The van der Waals surface area contributed by atoms with Gasteiger partial charge in [0.25, 0.3) is 0 Å². The van der Waals surface area contributed by atoms with Crippen LogP contribution < -0.4 is 5.32 Å². The van der Waals surface area contributed by atoms with Gasteiger partial charge in [-0.15, -0.1) is 29.6 Å². The molecule has 27 heavy (non-hydrogen) atoms. The SMILES string of the molecule is C#CCOCC(=O)N[C@@H](c1ccccc1)[C@H]1[C@H]2C[C@@H]3C[C@](Cl)(C2)C[C@@]1(Cl)C3. The summed E-state index contributed by atoms with van der Waals surface area (Å²) in [7, 11) is 0. The summed E-state index contributed by atoms with van der Waals surface area (Å²) in [6.45, 7) is 0.0909. The Hall–Kier alpha value is -1.21. The van der Waals surface area contributed by atoms with Crippen LogP contribution in [0.15, 0.2) is 30.3 Å². The number of nitrogens with one attached hydrogen (secondary N) is 1. The van der Waals surface area contributed by atoms with Crippen molar-refractivity contribution in [3.05, 3.63) is 35.9 Å². The van der Waals surface area contributed by atoms with Gasteiger partial charge in [0.15, 0.2) is 0 Å². The molecule has 0 radical (unpaired) electrons. The largest absolute Gasteiger partial charge is 0.359 e. The number of carbonyl (C=O) groups excluding carboxylic acids is 1. The molecule has 5 rings (SSSR count). The lowest BCUT2D eigenvalue weighted by Crippen LogP contribution is -2.62. The van der Waals surface area contributed by atoms with Gasteiger partial charge in [0.05, 0.1) is 10.9 Å². The first-order valence-corrected chi connectivity index (χ1v) is 10.4. The summed E-state index contributed by atoms with van der Waals surface area (Å²) in [4.78, 5) is 12.0. The Labute approximate surface area is 171 Å². The first-order valence-electron chi connectivity index (χ1n) is 9.66. The summed E-state index contributed by atoms with van der Waals surface area (Å²) in [5, 5.41) is 3.20. The Morgan fingerprint density at radius 2 is 2.07 bits per heavy atom. The van der Waals surface area contributed by atoms with Crippen LogP contribution in [-0.2, 0) is 9.53 Å². The molecular formula is C22H25Cl2NO2. The highest BCUT2D eigenvalue weighted by molar-refractivity contribution is 6.28. The quantitative estimate of drug-likeness (QED) is 0.435. The summed E-state index contributed by atoms with van der Waals surface area (Å²) in [5.74, 6) is 3.43. The van der Waals surface area contributed by atoms with Crippen molar-refractivity contribution in [2.75, 3.05) is 13.2 Å². The van der Waals surface area contributed by atoms with Gasteiger partial charge in [-0.25, -0.2) is 0 Å². The summed E-state index contributed by atoms with van der Waals surface area (Å²) in [5.41, 5.74) is 1.09. The van der Waals surface area contributed by atoms with Crippen molar-refractivity contribution < 1.29 is 9.53 Å². The Bertz CT molecular complexity index is 748. The number of amides is 1. The zero-order valence-electron chi connectivity index (χ0n) is 15.3. The molecule has 0 saturated heterocycles. The molecule has 0 spiro atoms. The van der Waals surface area contributed by atoms with E-state index < -0.39 is 0 Å². The Morgan fingerprint density at radius 3 is 2.74 bits per heavy atom. The lowest BCUT2D eigenvalue weighted by molar-refractivity contribution is -0.127. The maximum absolute atomic E-state index is 12.5. The molecule has 0 aliphatic heterocycles. The molecule has 0 unspecified atom stereocenters. The molecule has 4 saturated carbocycles. The van der Waals surface area contributed by atoms with Crippen molar-refractivity contribution in [1.82, 2.24) is 5.32 Å². The molecule has 3 nitrogen and oxygen atoms in total. The van der Waals surface area contributed by atoms with Gasteiger partial charge in [0.2, 0.25) is 5.91 Å². The molecule has 5 heteroatoms. The van der Waals surface area contributed by atoms with E-state index >= 15 is 0 Å². The number of terminal acetylenes is 1. The number of rotatable bonds is 6. The van der Waals surface area contributed by atoms with E-state index in [0.29, 0.717) is 11.8 Å². The molecule has 6 atom stereocenters. The van der Waals surface area contributed by atoms with Gasteiger partial charge in [-0.05, 0) is 49.5 Å². The number of hydrogen-bond acceptors (Lipinski definition) is 2. The van der Waals surface area contributed by atoms with E-state index in [4.69, 9.17) is 34.4 Å². The second-order valence-electron chi connectivity index (χ2n) is 8.52. The molecule has 144 valence electrons. The second-order valence-corrected chi connectivity index (χ2v) is 10.1. The number of hydrogen-bond donors (Lipinski definition) is 1. The van der Waals surface area contributed by atoms with Gasteiger partial charge in [-0.3, -0.25) is 4.79 Å². The number of benzene rings is 1. The topological polar surface area (TPSA) is 38.3 Å². The van der Waals surface area contributed by atoms with Gasteiger partial charge >= 0.3 is 0 Å². The molecule has 0 heterocycles. The predicted octanol–water partition coefficient (Wildman–Crippen LogP) is 4.29. The highest BCUT2D eigenvalue weighted by Gasteiger charge is 2.63. The van der Waals surface area contributed by atoms with E-state index in [2.05, 4.69) is 23.4 Å². The average Bonchev–Trinajstić information content (AvgIpc) is 2.59. The third-order valence-electron chi connectivity index (χ3n) is 6.52. The number of alkyl halides is 2. The van der Waals surface area contributed by atoms with Crippen LogP contribution in [0.4, 0.5) is 0 Å². The van der Waals surface area contributed by atoms with Crippen LogP contribution in [0.2, 0.25) is 0 Å². The van der Waals surface area contributed by atoms with E-state index in [9.17, 15) is 4.79 Å². The van der Waals surface area contributed by atoms with Crippen LogP contribution in [0.3, 0.4) is 0 Å². The Balaban J connectivity index is 1.61. The highest BCUT2D eigenvalue weighted by atomic mass is 35.5. The van der Waals surface area contributed by atoms with Crippen molar-refractivity contribution >= 4 is 29.1 Å². The maximum Gasteiger partial charge on any atom is 0.246 e. The first kappa shape index (κ1) is 19.1. The van der Waals surface area contributed by atoms with Gasteiger partial charge in [0, 0.05) is 10.8 Å². The fraction of sp³-hybridized carbons (Fsp3) is 0.591. The minimum absolute atomic E-state index is 0.0394. The third-order valence-corrected chi connectivity index (χ3v) is 7.50. The highest BCUT2D eigenvalue weighted by Crippen LogP contribution is 2.66. The summed E-state index contributed by atoms with van der Waals surface area (Å²) in [6, 6.07) is 9.98. The molecule has 4 fully saturated rings. The first-order chi connectivity index (χ1) is 12.9. The standard InChI is InChI=1S/C22H25Cl2NO2/c1-2-8-27-13-18(26)25-20(16-6-4-3-5-7-16)19-17-9-15-10-21(23,12-17)14-22(19,24)11-15/h1,3-7,15,17,19-20H,8-14H2,(H,25,26)/t15-,17+,19-,20+,21+,22+/m1/s1. The molecule has 4 aliphatic carbocycles. The number of halogens is 2.